The largest absolute Gasteiger partial charge is 0.457 e. The van der Waals surface area contributed by atoms with E-state index in [1.54, 1.807) is 0 Å². The van der Waals surface area contributed by atoms with E-state index in [1.807, 2.05) is 0 Å². The second kappa shape index (κ2) is 14.9. The molecule has 0 amide bonds. The van der Waals surface area contributed by atoms with Gasteiger partial charge in [0.05, 0.1) is 16.5 Å². The molecule has 2 spiro atoms. The summed E-state index contributed by atoms with van der Waals surface area (Å²) in [6, 6.07) is 91.8. The first-order valence-electron chi connectivity index (χ1n) is 25.8. The van der Waals surface area contributed by atoms with Crippen molar-refractivity contribution in [3.05, 3.63) is 304 Å². The first-order chi connectivity index (χ1) is 36.5. The molecule has 0 fully saturated rings. The van der Waals surface area contributed by atoms with E-state index in [9.17, 15) is 0 Å². The summed E-state index contributed by atoms with van der Waals surface area (Å²) in [6.45, 7) is 4.74. The maximum Gasteiger partial charge on any atom is 0.132 e. The topological polar surface area (TPSA) is 21.7 Å². The van der Waals surface area contributed by atoms with Gasteiger partial charge >= 0.3 is 0 Å². The summed E-state index contributed by atoms with van der Waals surface area (Å²) in [4.78, 5) is 2.51. The first kappa shape index (κ1) is 41.4. The zero-order valence-corrected chi connectivity index (χ0v) is 40.9. The molecule has 3 aliphatic carbocycles. The van der Waals surface area contributed by atoms with Crippen LogP contribution in [0.2, 0.25) is 0 Å². The van der Waals surface area contributed by atoms with Crippen LogP contribution < -0.4 is 14.4 Å². The van der Waals surface area contributed by atoms with Gasteiger partial charge in [-0.05, 0) is 133 Å². The van der Waals surface area contributed by atoms with Crippen LogP contribution in [0.4, 0.5) is 17.1 Å². The standard InChI is InChI=1S/C71H47NO2/c1-69(2)53-21-6-3-18-48(53)50-40-39-47(43-62(50)69)72(63-29-17-28-61-68(63)51-20-5-8-23-55(51)71(61)59-26-11-15-32-66(59)74-67-33-16-12-27-60(67)71)46-37-34-44(35-38-46)45-36-41-56-52(42-45)49-19-4-7-22-54(49)70(56)57-24-9-13-30-64(57)73-65-31-14-10-25-58(65)70/h3-43H,1-2H3. The summed E-state index contributed by atoms with van der Waals surface area (Å²) in [7, 11) is 0. The van der Waals surface area contributed by atoms with Crippen LogP contribution in [0.15, 0.2) is 249 Å². The van der Waals surface area contributed by atoms with Crippen molar-refractivity contribution in [1.82, 2.24) is 0 Å². The zero-order chi connectivity index (χ0) is 48.9. The lowest BCUT2D eigenvalue weighted by atomic mass is 9.66. The molecule has 0 aromatic heterocycles. The van der Waals surface area contributed by atoms with Gasteiger partial charge in [-0.2, -0.15) is 0 Å². The molecule has 0 saturated carbocycles. The van der Waals surface area contributed by atoms with Crippen LogP contribution in [-0.2, 0) is 16.2 Å². The Bertz CT molecular complexity index is 4110. The van der Waals surface area contributed by atoms with E-state index < -0.39 is 10.8 Å². The third kappa shape index (κ3) is 5.25. The Labute approximate surface area is 431 Å². The van der Waals surface area contributed by atoms with Crippen molar-refractivity contribution in [3.63, 3.8) is 0 Å². The molecule has 3 heteroatoms. The average molecular weight is 946 g/mol. The van der Waals surface area contributed by atoms with Crippen molar-refractivity contribution in [2.75, 3.05) is 4.90 Å². The highest BCUT2D eigenvalue weighted by Gasteiger charge is 2.53. The fraction of sp³-hybridized carbons (Fsp3) is 0.0704. The second-order valence-electron chi connectivity index (χ2n) is 21.0. The number of fused-ring (bicyclic) bond motifs is 21. The normalized spacial score (nSPS) is 15.2. The van der Waals surface area contributed by atoms with Gasteiger partial charge in [-0.1, -0.05) is 202 Å². The third-order valence-electron chi connectivity index (χ3n) is 17.2. The van der Waals surface area contributed by atoms with Crippen molar-refractivity contribution in [1.29, 1.82) is 0 Å². The van der Waals surface area contributed by atoms with E-state index in [0.29, 0.717) is 0 Å². The molecule has 11 aromatic rings. The van der Waals surface area contributed by atoms with E-state index in [1.165, 1.54) is 83.5 Å². The molecule has 5 aliphatic rings. The number of ether oxygens (including phenoxy) is 2. The van der Waals surface area contributed by atoms with E-state index in [0.717, 1.165) is 56.8 Å². The zero-order valence-electron chi connectivity index (χ0n) is 40.9. The maximum absolute atomic E-state index is 6.73. The SMILES string of the molecule is CC1(C)c2ccccc2-c2ccc(N(c3ccc(-c4ccc5c(c4)-c4ccccc4C54c5ccccc5Oc5ccccc54)cc3)c3cccc4c3-c3ccccc3C43c4ccccc4Oc4ccccc43)cc21. The van der Waals surface area contributed by atoms with Gasteiger partial charge in [0.15, 0.2) is 0 Å². The minimum Gasteiger partial charge on any atom is -0.457 e. The second-order valence-corrected chi connectivity index (χ2v) is 21.0. The molecule has 348 valence electrons. The number of hydrogen-bond donors (Lipinski definition) is 0. The number of benzene rings is 11. The van der Waals surface area contributed by atoms with Crippen molar-refractivity contribution < 1.29 is 9.47 Å². The van der Waals surface area contributed by atoms with Crippen LogP contribution in [-0.4, -0.2) is 0 Å². The van der Waals surface area contributed by atoms with E-state index in [2.05, 4.69) is 267 Å². The Morgan fingerprint density at radius 2 is 0.703 bits per heavy atom. The molecule has 3 nitrogen and oxygen atoms in total. The predicted molar refractivity (Wildman–Crippen MR) is 299 cm³/mol. The van der Waals surface area contributed by atoms with Crippen LogP contribution in [0.5, 0.6) is 23.0 Å². The lowest BCUT2D eigenvalue weighted by Crippen LogP contribution is -2.32. The van der Waals surface area contributed by atoms with Crippen LogP contribution >= 0.6 is 0 Å². The molecule has 2 heterocycles. The molecule has 2 aliphatic heterocycles. The van der Waals surface area contributed by atoms with Crippen LogP contribution in [0.3, 0.4) is 0 Å². The molecule has 0 bridgehead atoms. The first-order valence-corrected chi connectivity index (χ1v) is 25.8. The van der Waals surface area contributed by atoms with Crippen molar-refractivity contribution in [3.8, 4) is 67.5 Å². The number of nitrogens with zero attached hydrogens (tertiary/aromatic N) is 1. The van der Waals surface area contributed by atoms with Gasteiger partial charge < -0.3 is 14.4 Å². The quantitative estimate of drug-likeness (QED) is 0.175. The maximum atomic E-state index is 6.73. The van der Waals surface area contributed by atoms with Crippen LogP contribution in [0.1, 0.15) is 69.5 Å². The van der Waals surface area contributed by atoms with Crippen molar-refractivity contribution in [2.24, 2.45) is 0 Å². The number of rotatable bonds is 4. The lowest BCUT2D eigenvalue weighted by Gasteiger charge is -2.39. The van der Waals surface area contributed by atoms with E-state index in [-0.39, 0.29) is 5.41 Å². The Balaban J connectivity index is 0.890. The van der Waals surface area contributed by atoms with Gasteiger partial charge in [0.2, 0.25) is 0 Å². The van der Waals surface area contributed by atoms with Crippen molar-refractivity contribution >= 4 is 17.1 Å². The van der Waals surface area contributed by atoms with Gasteiger partial charge in [0, 0.05) is 44.6 Å². The number of anilines is 3. The lowest BCUT2D eigenvalue weighted by molar-refractivity contribution is 0.436. The van der Waals surface area contributed by atoms with Gasteiger partial charge in [-0.15, -0.1) is 0 Å². The highest BCUT2D eigenvalue weighted by molar-refractivity contribution is 5.99. The summed E-state index contributed by atoms with van der Waals surface area (Å²) in [5, 5.41) is 0. The summed E-state index contributed by atoms with van der Waals surface area (Å²) >= 11 is 0. The summed E-state index contributed by atoms with van der Waals surface area (Å²) in [6.07, 6.45) is 0. The molecule has 0 radical (unpaired) electrons. The minimum atomic E-state index is -0.593. The molecule has 0 N–H and O–H groups in total. The fourth-order valence-corrected chi connectivity index (χ4v) is 14.2. The molecule has 11 aromatic carbocycles. The molecule has 74 heavy (non-hydrogen) atoms. The summed E-state index contributed by atoms with van der Waals surface area (Å²) in [5.41, 5.74) is 24.4. The van der Waals surface area contributed by atoms with Gasteiger partial charge in [0.1, 0.15) is 23.0 Å². The Morgan fingerprint density at radius 3 is 1.30 bits per heavy atom. The molecule has 0 atom stereocenters. The average Bonchev–Trinajstić information content (AvgIpc) is 4.12. The summed E-state index contributed by atoms with van der Waals surface area (Å²) in [5.74, 6) is 3.58. The fourth-order valence-electron chi connectivity index (χ4n) is 14.2. The molecular formula is C71H47NO2. The smallest absolute Gasteiger partial charge is 0.132 e. The molecular weight excluding hydrogens is 899 g/mol. The monoisotopic (exact) mass is 945 g/mol. The van der Waals surface area contributed by atoms with Crippen molar-refractivity contribution in [2.45, 2.75) is 30.1 Å². The van der Waals surface area contributed by atoms with Crippen LogP contribution in [0.25, 0.3) is 44.5 Å². The number of hydrogen-bond acceptors (Lipinski definition) is 3. The number of para-hydroxylation sites is 4. The van der Waals surface area contributed by atoms with Crippen LogP contribution in [0, 0.1) is 0 Å². The predicted octanol–water partition coefficient (Wildman–Crippen LogP) is 18.1. The molecule has 16 rings (SSSR count). The summed E-state index contributed by atoms with van der Waals surface area (Å²) < 4.78 is 13.3. The van der Waals surface area contributed by atoms with E-state index >= 15 is 0 Å². The minimum absolute atomic E-state index is 0.179. The van der Waals surface area contributed by atoms with Gasteiger partial charge in [-0.3, -0.25) is 0 Å². The highest BCUT2D eigenvalue weighted by atomic mass is 16.5. The third-order valence-corrected chi connectivity index (χ3v) is 17.2. The molecule has 0 unspecified atom stereocenters. The Morgan fingerprint density at radius 1 is 0.284 bits per heavy atom. The van der Waals surface area contributed by atoms with Gasteiger partial charge in [-0.25, -0.2) is 0 Å². The van der Waals surface area contributed by atoms with E-state index in [4.69, 9.17) is 9.47 Å². The highest BCUT2D eigenvalue weighted by Crippen LogP contribution is 2.65. The Hall–Kier alpha value is -9.18. The van der Waals surface area contributed by atoms with Gasteiger partial charge in [0.25, 0.3) is 0 Å². The Kier molecular flexibility index (Phi) is 8.37. The molecule has 0 saturated heterocycles.